The maximum Gasteiger partial charge on any atom is 0.262 e. The Kier molecular flexibility index (Phi) is 6.41. The number of nitrogens with one attached hydrogen (secondary N) is 1. The van der Waals surface area contributed by atoms with E-state index in [0.717, 1.165) is 10.2 Å². The summed E-state index contributed by atoms with van der Waals surface area (Å²) in [5.41, 5.74) is 0. The summed E-state index contributed by atoms with van der Waals surface area (Å²) in [6.45, 7) is 0.0944. The highest BCUT2D eigenvalue weighted by Crippen LogP contribution is 2.22. The van der Waals surface area contributed by atoms with Gasteiger partial charge in [-0.3, -0.25) is 4.79 Å². The molecule has 3 nitrogen and oxygen atoms in total. The van der Waals surface area contributed by atoms with Crippen molar-refractivity contribution in [2.24, 2.45) is 0 Å². The average Bonchev–Trinajstić information content (AvgIpc) is 2.65. The highest BCUT2D eigenvalue weighted by molar-refractivity contribution is 9.10. The second kappa shape index (κ2) is 7.32. The standard InChI is InChI=1S/C10H14BrNO2S2/c1-15-6-7(2-4-13)12-10(14)9-8(11)3-5-16-9/h3,5,7,13H,2,4,6H2,1H3,(H,12,14). The minimum absolute atomic E-state index is 0.0292. The van der Waals surface area contributed by atoms with Crippen molar-refractivity contribution in [3.63, 3.8) is 0 Å². The Morgan fingerprint density at radius 1 is 1.75 bits per heavy atom. The van der Waals surface area contributed by atoms with Crippen LogP contribution in [0.4, 0.5) is 0 Å². The van der Waals surface area contributed by atoms with Crippen molar-refractivity contribution in [1.82, 2.24) is 5.32 Å². The van der Waals surface area contributed by atoms with E-state index in [-0.39, 0.29) is 18.6 Å². The van der Waals surface area contributed by atoms with Crippen molar-refractivity contribution >= 4 is 44.9 Å². The van der Waals surface area contributed by atoms with Crippen molar-refractivity contribution in [3.05, 3.63) is 20.8 Å². The van der Waals surface area contributed by atoms with Crippen LogP contribution in [0, 0.1) is 0 Å². The Labute approximate surface area is 112 Å². The van der Waals surface area contributed by atoms with Crippen molar-refractivity contribution in [2.75, 3.05) is 18.6 Å². The van der Waals surface area contributed by atoms with E-state index < -0.39 is 0 Å². The molecule has 0 aliphatic carbocycles. The first-order valence-corrected chi connectivity index (χ1v) is 7.89. The summed E-state index contributed by atoms with van der Waals surface area (Å²) in [4.78, 5) is 12.5. The van der Waals surface area contributed by atoms with Crippen LogP contribution >= 0.6 is 39.0 Å². The molecule has 0 saturated carbocycles. The number of aliphatic hydroxyl groups is 1. The van der Waals surface area contributed by atoms with Gasteiger partial charge in [0.05, 0.1) is 0 Å². The molecule has 16 heavy (non-hydrogen) atoms. The van der Waals surface area contributed by atoms with Gasteiger partial charge in [0, 0.05) is 22.9 Å². The number of aliphatic hydroxyl groups excluding tert-OH is 1. The first-order chi connectivity index (χ1) is 7.69. The Balaban J connectivity index is 2.58. The molecule has 0 radical (unpaired) electrons. The van der Waals surface area contributed by atoms with Crippen LogP contribution in [-0.2, 0) is 0 Å². The van der Waals surface area contributed by atoms with Crippen LogP contribution in [0.2, 0.25) is 0 Å². The Morgan fingerprint density at radius 3 is 3.00 bits per heavy atom. The summed E-state index contributed by atoms with van der Waals surface area (Å²) in [7, 11) is 0. The molecule has 1 heterocycles. The average molecular weight is 324 g/mol. The molecule has 0 aromatic carbocycles. The summed E-state index contributed by atoms with van der Waals surface area (Å²) < 4.78 is 0.821. The number of carbonyl (C=O) groups excluding carboxylic acids is 1. The molecule has 1 rings (SSSR count). The van der Waals surface area contributed by atoms with E-state index in [1.54, 1.807) is 11.8 Å². The Bertz CT molecular complexity index is 337. The summed E-state index contributed by atoms with van der Waals surface area (Å²) in [5.74, 6) is 0.740. The highest BCUT2D eigenvalue weighted by Gasteiger charge is 2.16. The van der Waals surface area contributed by atoms with Crippen molar-refractivity contribution in [2.45, 2.75) is 12.5 Å². The lowest BCUT2D eigenvalue weighted by molar-refractivity contribution is 0.0938. The molecule has 0 saturated heterocycles. The molecule has 0 fully saturated rings. The molecule has 1 amide bonds. The van der Waals surface area contributed by atoms with Gasteiger partial charge in [-0.15, -0.1) is 11.3 Å². The van der Waals surface area contributed by atoms with Crippen LogP contribution in [-0.4, -0.2) is 35.7 Å². The monoisotopic (exact) mass is 323 g/mol. The molecular formula is C10H14BrNO2S2. The highest BCUT2D eigenvalue weighted by atomic mass is 79.9. The first kappa shape index (κ1) is 14.0. The van der Waals surface area contributed by atoms with Gasteiger partial charge in [0.25, 0.3) is 5.91 Å². The van der Waals surface area contributed by atoms with Gasteiger partial charge in [0.1, 0.15) is 4.88 Å². The third kappa shape index (κ3) is 4.08. The Morgan fingerprint density at radius 2 is 2.50 bits per heavy atom. The number of thioether (sulfide) groups is 1. The molecular weight excluding hydrogens is 310 g/mol. The van der Waals surface area contributed by atoms with Gasteiger partial charge in [-0.25, -0.2) is 0 Å². The van der Waals surface area contributed by atoms with Gasteiger partial charge in [0.2, 0.25) is 0 Å². The SMILES string of the molecule is CSCC(CCO)NC(=O)c1sccc1Br. The van der Waals surface area contributed by atoms with Crippen LogP contribution < -0.4 is 5.32 Å². The number of halogens is 1. The fourth-order valence-corrected chi connectivity index (χ4v) is 3.37. The molecule has 90 valence electrons. The molecule has 1 atom stereocenters. The number of hydrogen-bond donors (Lipinski definition) is 2. The lowest BCUT2D eigenvalue weighted by Crippen LogP contribution is -2.37. The zero-order valence-corrected chi connectivity index (χ0v) is 12.1. The summed E-state index contributed by atoms with van der Waals surface area (Å²) in [6.07, 6.45) is 2.58. The van der Waals surface area contributed by atoms with Gasteiger partial charge < -0.3 is 10.4 Å². The molecule has 2 N–H and O–H groups in total. The van der Waals surface area contributed by atoms with Gasteiger partial charge in [-0.1, -0.05) is 0 Å². The quantitative estimate of drug-likeness (QED) is 0.844. The summed E-state index contributed by atoms with van der Waals surface area (Å²) >= 11 is 6.40. The molecule has 0 aliphatic rings. The van der Waals surface area contributed by atoms with Crippen LogP contribution in [0.1, 0.15) is 16.1 Å². The fourth-order valence-electron chi connectivity index (χ4n) is 1.26. The molecule has 1 unspecified atom stereocenters. The molecule has 1 aromatic rings. The first-order valence-electron chi connectivity index (χ1n) is 4.82. The van der Waals surface area contributed by atoms with Gasteiger partial charge in [-0.05, 0) is 40.1 Å². The number of amides is 1. The molecule has 1 aromatic heterocycles. The summed E-state index contributed by atoms with van der Waals surface area (Å²) in [6, 6.07) is 1.89. The second-order valence-corrected chi connectivity index (χ2v) is 5.92. The van der Waals surface area contributed by atoms with E-state index in [1.165, 1.54) is 11.3 Å². The summed E-state index contributed by atoms with van der Waals surface area (Å²) in [5, 5.41) is 13.7. The zero-order chi connectivity index (χ0) is 12.0. The number of carbonyl (C=O) groups is 1. The van der Waals surface area contributed by atoms with Gasteiger partial charge >= 0.3 is 0 Å². The lowest BCUT2D eigenvalue weighted by Gasteiger charge is -2.16. The van der Waals surface area contributed by atoms with Crippen molar-refractivity contribution < 1.29 is 9.90 Å². The topological polar surface area (TPSA) is 49.3 Å². The predicted octanol–water partition coefficient (Wildman–Crippen LogP) is 2.35. The van der Waals surface area contributed by atoms with Crippen LogP contribution in [0.15, 0.2) is 15.9 Å². The third-order valence-electron chi connectivity index (χ3n) is 2.00. The van der Waals surface area contributed by atoms with E-state index in [0.29, 0.717) is 11.3 Å². The maximum atomic E-state index is 11.9. The van der Waals surface area contributed by atoms with E-state index in [1.807, 2.05) is 17.7 Å². The van der Waals surface area contributed by atoms with Gasteiger partial charge in [-0.2, -0.15) is 11.8 Å². The van der Waals surface area contributed by atoms with Crippen LogP contribution in [0.3, 0.4) is 0 Å². The zero-order valence-electron chi connectivity index (χ0n) is 8.90. The Hall–Kier alpha value is -0.0400. The van der Waals surface area contributed by atoms with Crippen molar-refractivity contribution in [3.8, 4) is 0 Å². The lowest BCUT2D eigenvalue weighted by atomic mass is 10.2. The van der Waals surface area contributed by atoms with Crippen molar-refractivity contribution in [1.29, 1.82) is 0 Å². The largest absolute Gasteiger partial charge is 0.396 e. The fraction of sp³-hybridized carbons (Fsp3) is 0.500. The molecule has 0 spiro atoms. The predicted molar refractivity (Wildman–Crippen MR) is 73.4 cm³/mol. The van der Waals surface area contributed by atoms with E-state index in [9.17, 15) is 4.79 Å². The smallest absolute Gasteiger partial charge is 0.262 e. The normalized spacial score (nSPS) is 12.4. The number of rotatable bonds is 6. The maximum absolute atomic E-state index is 11.9. The van der Waals surface area contributed by atoms with E-state index in [4.69, 9.17) is 5.11 Å². The minimum atomic E-state index is -0.0747. The number of hydrogen-bond acceptors (Lipinski definition) is 4. The van der Waals surface area contributed by atoms with E-state index >= 15 is 0 Å². The van der Waals surface area contributed by atoms with Crippen LogP contribution in [0.25, 0.3) is 0 Å². The van der Waals surface area contributed by atoms with Gasteiger partial charge in [0.15, 0.2) is 0 Å². The van der Waals surface area contributed by atoms with Crippen LogP contribution in [0.5, 0.6) is 0 Å². The third-order valence-corrected chi connectivity index (χ3v) is 4.58. The minimum Gasteiger partial charge on any atom is -0.396 e. The molecule has 0 bridgehead atoms. The second-order valence-electron chi connectivity index (χ2n) is 3.24. The van der Waals surface area contributed by atoms with E-state index in [2.05, 4.69) is 21.2 Å². The number of thiophene rings is 1. The molecule has 6 heteroatoms. The molecule has 0 aliphatic heterocycles.